The van der Waals surface area contributed by atoms with Crippen molar-refractivity contribution in [2.24, 2.45) is 0 Å². The van der Waals surface area contributed by atoms with Gasteiger partial charge in [-0.05, 0) is 54.8 Å². The van der Waals surface area contributed by atoms with Crippen LogP contribution in [0.2, 0.25) is 0 Å². The van der Waals surface area contributed by atoms with Crippen molar-refractivity contribution in [3.8, 4) is 17.6 Å². The molecule has 0 aliphatic rings. The fraction of sp³-hybridized carbons (Fsp3) is 0.267. The predicted octanol–water partition coefficient (Wildman–Crippen LogP) is 4.46. The standard InChI is InChI=1S/C29H28O5.CH4/c1-33-27(29(31)32)21-23-14-12-22(13-15-23)9-5-2-3-8-20-34-26-18-16-25(17-19-26)28(30)24-10-6-4-7-11-24;/h4,6-7,10-19,27H,2-3,8,20-21H2,1H3,(H,31,32);1H4/p-1/t27-;/m0./s1. The molecule has 35 heavy (non-hydrogen) atoms. The molecule has 0 radical (unpaired) electrons. The third-order valence-corrected chi connectivity index (χ3v) is 5.27. The van der Waals surface area contributed by atoms with Crippen LogP contribution in [-0.2, 0) is 16.0 Å². The second-order valence-electron chi connectivity index (χ2n) is 7.77. The van der Waals surface area contributed by atoms with E-state index in [-0.39, 0.29) is 19.6 Å². The second-order valence-corrected chi connectivity index (χ2v) is 7.77. The number of hydrogen-bond donors (Lipinski definition) is 0. The topological polar surface area (TPSA) is 75.7 Å². The minimum Gasteiger partial charge on any atom is -0.547 e. The zero-order valence-corrected chi connectivity index (χ0v) is 19.2. The SMILES string of the molecule is C.CO[C@@H](Cc1ccc(C#CCCCCOc2ccc(C(=O)c3ccccc3)cc2)cc1)C(=O)[O-]. The lowest BCUT2D eigenvalue weighted by Crippen LogP contribution is -2.38. The monoisotopic (exact) mass is 471 g/mol. The fourth-order valence-electron chi connectivity index (χ4n) is 3.33. The lowest BCUT2D eigenvalue weighted by atomic mass is 10.0. The zero-order valence-electron chi connectivity index (χ0n) is 19.2. The Balaban J connectivity index is 0.00000432. The van der Waals surface area contributed by atoms with E-state index in [0.717, 1.165) is 36.1 Å². The van der Waals surface area contributed by atoms with Crippen LogP contribution in [0, 0.1) is 11.8 Å². The Kier molecular flexibility index (Phi) is 11.3. The molecule has 3 rings (SSSR count). The molecule has 182 valence electrons. The molecule has 0 bridgehead atoms. The average Bonchev–Trinajstić information content (AvgIpc) is 2.87. The fourth-order valence-corrected chi connectivity index (χ4v) is 3.33. The van der Waals surface area contributed by atoms with Crippen molar-refractivity contribution in [3.05, 3.63) is 101 Å². The highest BCUT2D eigenvalue weighted by atomic mass is 16.5. The Hall–Kier alpha value is -3.88. The summed E-state index contributed by atoms with van der Waals surface area (Å²) in [5, 5.41) is 10.9. The van der Waals surface area contributed by atoms with Crippen molar-refractivity contribution in [3.63, 3.8) is 0 Å². The van der Waals surface area contributed by atoms with Crippen LogP contribution >= 0.6 is 0 Å². The highest BCUT2D eigenvalue weighted by Crippen LogP contribution is 2.16. The summed E-state index contributed by atoms with van der Waals surface area (Å²) in [4.78, 5) is 23.4. The van der Waals surface area contributed by atoms with Gasteiger partial charge in [-0.15, -0.1) is 0 Å². The Morgan fingerprint density at radius 3 is 2.17 bits per heavy atom. The first kappa shape index (κ1) is 27.4. The summed E-state index contributed by atoms with van der Waals surface area (Å²) in [6.45, 7) is 0.585. The van der Waals surface area contributed by atoms with Crippen LogP contribution in [0.5, 0.6) is 5.75 Å². The van der Waals surface area contributed by atoms with Gasteiger partial charge >= 0.3 is 0 Å². The van der Waals surface area contributed by atoms with Crippen molar-refractivity contribution in [2.45, 2.75) is 39.2 Å². The zero-order chi connectivity index (χ0) is 24.2. The van der Waals surface area contributed by atoms with Gasteiger partial charge in [-0.25, -0.2) is 0 Å². The average molecular weight is 472 g/mol. The van der Waals surface area contributed by atoms with Gasteiger partial charge in [-0.3, -0.25) is 4.79 Å². The molecule has 0 saturated heterocycles. The molecule has 0 aromatic heterocycles. The number of rotatable bonds is 11. The van der Waals surface area contributed by atoms with Gasteiger partial charge in [0.2, 0.25) is 0 Å². The van der Waals surface area contributed by atoms with E-state index in [1.165, 1.54) is 7.11 Å². The van der Waals surface area contributed by atoms with E-state index in [0.29, 0.717) is 17.7 Å². The molecule has 0 N–H and O–H groups in total. The maximum atomic E-state index is 12.4. The van der Waals surface area contributed by atoms with E-state index in [1.54, 1.807) is 12.1 Å². The maximum Gasteiger partial charge on any atom is 0.193 e. The van der Waals surface area contributed by atoms with Crippen LogP contribution in [0.15, 0.2) is 78.9 Å². The summed E-state index contributed by atoms with van der Waals surface area (Å²) in [6.07, 6.45) is 1.86. The first-order valence-electron chi connectivity index (χ1n) is 11.2. The molecule has 3 aromatic carbocycles. The Labute approximate surface area is 207 Å². The number of ketones is 1. The van der Waals surface area contributed by atoms with Gasteiger partial charge in [0.25, 0.3) is 0 Å². The third kappa shape index (κ3) is 8.77. The van der Waals surface area contributed by atoms with Gasteiger partial charge in [0.1, 0.15) is 11.9 Å². The number of carboxylic acid groups (broad SMARTS) is 1. The molecule has 1 atom stereocenters. The molecule has 5 heteroatoms. The summed E-state index contributed by atoms with van der Waals surface area (Å²) >= 11 is 0. The van der Waals surface area contributed by atoms with E-state index in [2.05, 4.69) is 11.8 Å². The summed E-state index contributed by atoms with van der Waals surface area (Å²) < 4.78 is 10.7. The second kappa shape index (κ2) is 14.4. The molecular weight excluding hydrogens is 440 g/mol. The quantitative estimate of drug-likeness (QED) is 0.234. The van der Waals surface area contributed by atoms with E-state index in [4.69, 9.17) is 9.47 Å². The normalized spacial score (nSPS) is 10.9. The number of aliphatic carboxylic acids is 1. The van der Waals surface area contributed by atoms with Crippen molar-refractivity contribution in [1.82, 2.24) is 0 Å². The van der Waals surface area contributed by atoms with Gasteiger partial charge in [-0.1, -0.05) is 61.7 Å². The summed E-state index contributed by atoms with van der Waals surface area (Å²) in [5.41, 5.74) is 3.05. The first-order valence-corrected chi connectivity index (χ1v) is 11.2. The van der Waals surface area contributed by atoms with Crippen LogP contribution < -0.4 is 9.84 Å². The number of carboxylic acids is 1. The molecule has 0 aliphatic carbocycles. The van der Waals surface area contributed by atoms with Crippen LogP contribution in [0.3, 0.4) is 0 Å². The van der Waals surface area contributed by atoms with Gasteiger partial charge in [0.05, 0.1) is 12.6 Å². The number of unbranched alkanes of at least 4 members (excludes halogenated alkanes) is 2. The summed E-state index contributed by atoms with van der Waals surface area (Å²) in [6, 6.07) is 23.9. The van der Waals surface area contributed by atoms with Gasteiger partial charge in [0, 0.05) is 36.6 Å². The van der Waals surface area contributed by atoms with Gasteiger partial charge < -0.3 is 19.4 Å². The highest BCUT2D eigenvalue weighted by Gasteiger charge is 2.09. The predicted molar refractivity (Wildman–Crippen MR) is 135 cm³/mol. The summed E-state index contributed by atoms with van der Waals surface area (Å²) in [5.74, 6) is 5.79. The number of carbonyl (C=O) groups excluding carboxylic acids is 2. The van der Waals surface area contributed by atoms with E-state index < -0.39 is 12.1 Å². The van der Waals surface area contributed by atoms with Crippen molar-refractivity contribution >= 4 is 11.8 Å². The number of carbonyl (C=O) groups is 2. The smallest absolute Gasteiger partial charge is 0.193 e. The van der Waals surface area contributed by atoms with Crippen LogP contribution in [0.25, 0.3) is 0 Å². The van der Waals surface area contributed by atoms with E-state index >= 15 is 0 Å². The third-order valence-electron chi connectivity index (χ3n) is 5.27. The lowest BCUT2D eigenvalue weighted by Gasteiger charge is -2.15. The van der Waals surface area contributed by atoms with Crippen molar-refractivity contribution in [2.75, 3.05) is 13.7 Å². The Bertz CT molecular complexity index is 1120. The lowest BCUT2D eigenvalue weighted by molar-refractivity contribution is -0.315. The molecule has 0 amide bonds. The molecular formula is C30H31O5-. The minimum absolute atomic E-state index is 0. The molecule has 0 heterocycles. The van der Waals surface area contributed by atoms with Gasteiger partial charge in [-0.2, -0.15) is 0 Å². The molecule has 0 aliphatic heterocycles. The van der Waals surface area contributed by atoms with E-state index in [9.17, 15) is 14.7 Å². The largest absolute Gasteiger partial charge is 0.547 e. The van der Waals surface area contributed by atoms with E-state index in [1.807, 2.05) is 66.7 Å². The van der Waals surface area contributed by atoms with Crippen LogP contribution in [-0.4, -0.2) is 31.6 Å². The highest BCUT2D eigenvalue weighted by molar-refractivity contribution is 6.08. The van der Waals surface area contributed by atoms with Gasteiger partial charge in [0.15, 0.2) is 5.78 Å². The molecule has 0 unspecified atom stereocenters. The number of hydrogen-bond acceptors (Lipinski definition) is 5. The molecule has 0 fully saturated rings. The number of benzene rings is 3. The maximum absolute atomic E-state index is 12.4. The molecule has 3 aromatic rings. The summed E-state index contributed by atoms with van der Waals surface area (Å²) in [7, 11) is 1.36. The number of methoxy groups -OCH3 is 1. The Morgan fingerprint density at radius 1 is 0.886 bits per heavy atom. The van der Waals surface area contributed by atoms with Crippen molar-refractivity contribution in [1.29, 1.82) is 0 Å². The molecule has 5 nitrogen and oxygen atoms in total. The molecule has 0 spiro atoms. The van der Waals surface area contributed by atoms with Crippen LogP contribution in [0.1, 0.15) is 53.7 Å². The minimum atomic E-state index is -1.22. The Morgan fingerprint density at radius 2 is 1.54 bits per heavy atom. The first-order chi connectivity index (χ1) is 16.6. The number of ether oxygens (including phenoxy) is 2. The van der Waals surface area contributed by atoms with Crippen LogP contribution in [0.4, 0.5) is 0 Å². The molecule has 0 saturated carbocycles. The van der Waals surface area contributed by atoms with Crippen molar-refractivity contribution < 1.29 is 24.2 Å².